The first-order chi connectivity index (χ1) is 12.6. The van der Waals surface area contributed by atoms with E-state index in [1.54, 1.807) is 19.2 Å². The van der Waals surface area contributed by atoms with E-state index in [1.165, 1.54) is 9.13 Å². The molecule has 0 N–H and O–H groups in total. The normalized spacial score (nSPS) is 11.2. The molecular formula is C20H15ClN2O3. The Kier molecular flexibility index (Phi) is 4.01. The number of aromatic nitrogens is 2. The fourth-order valence-electron chi connectivity index (χ4n) is 3.12. The van der Waals surface area contributed by atoms with Gasteiger partial charge >= 0.3 is 11.7 Å². The molecule has 6 heteroatoms. The van der Waals surface area contributed by atoms with Crippen LogP contribution in [-0.4, -0.2) is 15.1 Å². The number of fused-ring (bicyclic) bond motifs is 2. The minimum Gasteiger partial charge on any atom is -0.425 e. The molecule has 0 saturated heterocycles. The third-order valence-electron chi connectivity index (χ3n) is 4.39. The molecule has 0 aliphatic rings. The second-order valence-electron chi connectivity index (χ2n) is 5.98. The number of aryl methyl sites for hydroxylation is 1. The molecule has 0 fully saturated rings. The number of benzene rings is 3. The molecule has 0 amide bonds. The summed E-state index contributed by atoms with van der Waals surface area (Å²) in [6.45, 7) is -0.170. The topological polar surface area (TPSA) is 53.2 Å². The molecule has 0 aliphatic heterocycles. The molecule has 0 radical (unpaired) electrons. The van der Waals surface area contributed by atoms with E-state index in [0.29, 0.717) is 16.3 Å². The zero-order valence-corrected chi connectivity index (χ0v) is 14.7. The van der Waals surface area contributed by atoms with Crippen molar-refractivity contribution in [1.82, 2.24) is 9.13 Å². The van der Waals surface area contributed by atoms with Gasteiger partial charge in [-0.25, -0.2) is 9.59 Å². The van der Waals surface area contributed by atoms with E-state index in [-0.39, 0.29) is 12.2 Å². The Morgan fingerprint density at radius 1 is 0.962 bits per heavy atom. The Labute approximate surface area is 154 Å². The SMILES string of the molecule is Cn1c(=O)n(CC(=O)Oc2ccc(Cl)c3ccccc23)c2ccccc21. The summed E-state index contributed by atoms with van der Waals surface area (Å²) in [6.07, 6.45) is 0. The summed E-state index contributed by atoms with van der Waals surface area (Å²) in [5, 5.41) is 2.14. The van der Waals surface area contributed by atoms with Crippen LogP contribution in [0.5, 0.6) is 5.75 Å². The number of imidazole rings is 1. The Morgan fingerprint density at radius 3 is 2.38 bits per heavy atom. The number of rotatable bonds is 3. The van der Waals surface area contributed by atoms with Crippen LogP contribution in [0.3, 0.4) is 0 Å². The molecule has 0 spiro atoms. The fraction of sp³-hybridized carbons (Fsp3) is 0.100. The van der Waals surface area contributed by atoms with E-state index in [2.05, 4.69) is 0 Å². The zero-order valence-electron chi connectivity index (χ0n) is 14.0. The Bertz CT molecular complexity index is 1210. The Morgan fingerprint density at radius 2 is 1.62 bits per heavy atom. The zero-order chi connectivity index (χ0) is 18.3. The number of carbonyl (C=O) groups is 1. The number of para-hydroxylation sites is 2. The summed E-state index contributed by atoms with van der Waals surface area (Å²) >= 11 is 6.20. The third kappa shape index (κ3) is 2.66. The van der Waals surface area contributed by atoms with Crippen molar-refractivity contribution < 1.29 is 9.53 Å². The maximum atomic E-state index is 12.5. The van der Waals surface area contributed by atoms with E-state index in [0.717, 1.165) is 16.3 Å². The summed E-state index contributed by atoms with van der Waals surface area (Å²) in [7, 11) is 1.68. The third-order valence-corrected chi connectivity index (χ3v) is 4.72. The lowest BCUT2D eigenvalue weighted by molar-refractivity contribution is -0.134. The van der Waals surface area contributed by atoms with Gasteiger partial charge in [0.2, 0.25) is 0 Å². The summed E-state index contributed by atoms with van der Waals surface area (Å²) in [5.41, 5.74) is 1.20. The predicted molar refractivity (Wildman–Crippen MR) is 102 cm³/mol. The summed E-state index contributed by atoms with van der Waals surface area (Å²) < 4.78 is 8.46. The van der Waals surface area contributed by atoms with Crippen LogP contribution in [0.2, 0.25) is 5.02 Å². The molecule has 3 aromatic carbocycles. The van der Waals surface area contributed by atoms with Gasteiger partial charge in [-0.15, -0.1) is 0 Å². The lowest BCUT2D eigenvalue weighted by atomic mass is 10.1. The maximum Gasteiger partial charge on any atom is 0.331 e. The predicted octanol–water partition coefficient (Wildman–Crippen LogP) is 3.75. The molecule has 0 bridgehead atoms. The smallest absolute Gasteiger partial charge is 0.331 e. The molecule has 1 heterocycles. The molecular weight excluding hydrogens is 352 g/mol. The monoisotopic (exact) mass is 366 g/mol. The van der Waals surface area contributed by atoms with Gasteiger partial charge in [-0.2, -0.15) is 0 Å². The average molecular weight is 367 g/mol. The van der Waals surface area contributed by atoms with Crippen molar-refractivity contribution >= 4 is 39.4 Å². The summed E-state index contributed by atoms with van der Waals surface area (Å²) in [4.78, 5) is 24.9. The quantitative estimate of drug-likeness (QED) is 0.410. The molecule has 4 rings (SSSR count). The van der Waals surface area contributed by atoms with Gasteiger partial charge in [0.05, 0.1) is 11.0 Å². The van der Waals surface area contributed by atoms with Crippen molar-refractivity contribution in [2.24, 2.45) is 7.05 Å². The standard InChI is InChI=1S/C20H15ClN2O3/c1-22-16-8-4-5-9-17(16)23(20(22)25)12-19(24)26-18-11-10-15(21)13-6-2-3-7-14(13)18/h2-11H,12H2,1H3. The summed E-state index contributed by atoms with van der Waals surface area (Å²) in [5.74, 6) is -0.0979. The first-order valence-electron chi connectivity index (χ1n) is 8.08. The van der Waals surface area contributed by atoms with Gasteiger partial charge in [-0.3, -0.25) is 9.13 Å². The lowest BCUT2D eigenvalue weighted by Gasteiger charge is -2.09. The molecule has 5 nitrogen and oxygen atoms in total. The minimum atomic E-state index is -0.518. The van der Waals surface area contributed by atoms with Crippen LogP contribution in [0.25, 0.3) is 21.8 Å². The van der Waals surface area contributed by atoms with E-state index in [9.17, 15) is 9.59 Å². The highest BCUT2D eigenvalue weighted by Crippen LogP contribution is 2.31. The highest BCUT2D eigenvalue weighted by Gasteiger charge is 2.16. The molecule has 0 unspecified atom stereocenters. The van der Waals surface area contributed by atoms with E-state index in [1.807, 2.05) is 48.5 Å². The molecule has 4 aromatic rings. The lowest BCUT2D eigenvalue weighted by Crippen LogP contribution is -2.27. The number of carbonyl (C=O) groups excluding carboxylic acids is 1. The number of esters is 1. The molecule has 1 aromatic heterocycles. The number of hydrogen-bond donors (Lipinski definition) is 0. The van der Waals surface area contributed by atoms with Crippen molar-refractivity contribution in [3.8, 4) is 5.75 Å². The van der Waals surface area contributed by atoms with Crippen molar-refractivity contribution in [2.75, 3.05) is 0 Å². The van der Waals surface area contributed by atoms with Gasteiger partial charge in [-0.05, 0) is 24.3 Å². The van der Waals surface area contributed by atoms with Crippen molar-refractivity contribution in [1.29, 1.82) is 0 Å². The fourth-order valence-corrected chi connectivity index (χ4v) is 3.35. The van der Waals surface area contributed by atoms with Gasteiger partial charge in [-0.1, -0.05) is 48.0 Å². The van der Waals surface area contributed by atoms with Crippen molar-refractivity contribution in [2.45, 2.75) is 6.54 Å². The highest BCUT2D eigenvalue weighted by atomic mass is 35.5. The van der Waals surface area contributed by atoms with Crippen molar-refractivity contribution in [3.63, 3.8) is 0 Å². The Balaban J connectivity index is 1.68. The molecule has 0 saturated carbocycles. The maximum absolute atomic E-state index is 12.5. The Hall–Kier alpha value is -3.05. The summed E-state index contributed by atoms with van der Waals surface area (Å²) in [6, 6.07) is 18.1. The molecule has 0 aliphatic carbocycles. The molecule has 26 heavy (non-hydrogen) atoms. The van der Waals surface area contributed by atoms with Gasteiger partial charge < -0.3 is 4.74 Å². The van der Waals surface area contributed by atoms with Crippen LogP contribution in [0, 0.1) is 0 Å². The van der Waals surface area contributed by atoms with Gasteiger partial charge in [0.15, 0.2) is 0 Å². The number of halogens is 1. The van der Waals surface area contributed by atoms with Crippen LogP contribution in [0.1, 0.15) is 0 Å². The second kappa shape index (κ2) is 6.35. The number of ether oxygens (including phenoxy) is 1. The van der Waals surface area contributed by atoms with E-state index in [4.69, 9.17) is 16.3 Å². The second-order valence-corrected chi connectivity index (χ2v) is 6.39. The van der Waals surface area contributed by atoms with Crippen molar-refractivity contribution in [3.05, 3.63) is 76.2 Å². The van der Waals surface area contributed by atoms with E-state index < -0.39 is 5.97 Å². The van der Waals surface area contributed by atoms with Crippen LogP contribution < -0.4 is 10.4 Å². The van der Waals surface area contributed by atoms with E-state index >= 15 is 0 Å². The highest BCUT2D eigenvalue weighted by molar-refractivity contribution is 6.35. The van der Waals surface area contributed by atoms with Crippen LogP contribution in [0.15, 0.2) is 65.5 Å². The van der Waals surface area contributed by atoms with Crippen LogP contribution in [0.4, 0.5) is 0 Å². The average Bonchev–Trinajstić information content (AvgIpc) is 2.90. The van der Waals surface area contributed by atoms with Crippen LogP contribution >= 0.6 is 11.6 Å². The first-order valence-corrected chi connectivity index (χ1v) is 8.46. The van der Waals surface area contributed by atoms with Crippen LogP contribution in [-0.2, 0) is 18.4 Å². The number of nitrogens with zero attached hydrogens (tertiary/aromatic N) is 2. The minimum absolute atomic E-state index is 0.170. The largest absolute Gasteiger partial charge is 0.425 e. The van der Waals surface area contributed by atoms with Gasteiger partial charge in [0.25, 0.3) is 0 Å². The molecule has 130 valence electrons. The van der Waals surface area contributed by atoms with Gasteiger partial charge in [0, 0.05) is 22.8 Å². The first kappa shape index (κ1) is 16.4. The number of hydrogen-bond acceptors (Lipinski definition) is 3. The van der Waals surface area contributed by atoms with Gasteiger partial charge in [0.1, 0.15) is 12.3 Å². The molecule has 0 atom stereocenters.